The van der Waals surface area contributed by atoms with Gasteiger partial charge < -0.3 is 4.90 Å². The highest BCUT2D eigenvalue weighted by atomic mass is 16.2. The smallest absolute Gasteiger partial charge is 0.219 e. The van der Waals surface area contributed by atoms with E-state index < -0.39 is 0 Å². The Labute approximate surface area is 84.9 Å². The molecule has 1 N–H and O–H groups in total. The third kappa shape index (κ3) is 6.30. The molecule has 0 radical (unpaired) electrons. The normalized spacial score (nSPS) is 12.8. The summed E-state index contributed by atoms with van der Waals surface area (Å²) in [4.78, 5) is 20.0. The fraction of sp³-hybridized carbons (Fsp3) is 0.667. The van der Waals surface area contributed by atoms with Crippen LogP contribution >= 0.6 is 0 Å². The zero-order valence-corrected chi connectivity index (χ0v) is 9.03. The molecule has 0 aromatic rings. The molecule has 0 aliphatic rings. The van der Waals surface area contributed by atoms with E-state index in [1.807, 2.05) is 6.92 Å². The summed E-state index contributed by atoms with van der Waals surface area (Å²) in [6.45, 7) is 8.13. The molecule has 14 heavy (non-hydrogen) atoms. The fourth-order valence-electron chi connectivity index (χ4n) is 0.798. The largest absolute Gasteiger partial charge is 0.345 e. The second-order valence-corrected chi connectivity index (χ2v) is 3.02. The number of carbonyl (C=O) groups excluding carboxylic acids is 1. The highest BCUT2D eigenvalue weighted by Crippen LogP contribution is 1.84. The van der Waals surface area contributed by atoms with Crippen molar-refractivity contribution in [3.8, 4) is 0 Å². The number of likely N-dealkylation sites (N-methyl/N-ethyl adjacent to an activating group) is 1. The predicted molar refractivity (Wildman–Crippen MR) is 58.8 cm³/mol. The van der Waals surface area contributed by atoms with Gasteiger partial charge in [0.25, 0.3) is 0 Å². The maximum Gasteiger partial charge on any atom is 0.219 e. The van der Waals surface area contributed by atoms with Gasteiger partial charge in [-0.25, -0.2) is 0 Å². The van der Waals surface area contributed by atoms with Crippen LogP contribution in [0, 0.1) is 0 Å². The number of carbonyl (C=O) groups is 1. The van der Waals surface area contributed by atoms with Gasteiger partial charge in [0, 0.05) is 27.1 Å². The van der Waals surface area contributed by atoms with Gasteiger partial charge in [-0.2, -0.15) is 0 Å². The Bertz CT molecular complexity index is 215. The molecule has 0 aromatic carbocycles. The van der Waals surface area contributed by atoms with E-state index in [9.17, 15) is 4.79 Å². The minimum absolute atomic E-state index is 0.000795. The van der Waals surface area contributed by atoms with Crippen LogP contribution in [-0.2, 0) is 4.79 Å². The van der Waals surface area contributed by atoms with E-state index in [1.54, 1.807) is 18.9 Å². The van der Waals surface area contributed by atoms with Gasteiger partial charge in [-0.3, -0.25) is 20.1 Å². The van der Waals surface area contributed by atoms with Crippen LogP contribution in [0.25, 0.3) is 0 Å². The standard InChI is InChI=1S/C9H18N4O/c1-8(12-7-10-3)11-5-6-13(4)9(2)14/h7-8,11H,3,5-6H2,1-2,4H3/b12-7-. The highest BCUT2D eigenvalue weighted by molar-refractivity contribution is 5.72. The molecule has 0 rings (SSSR count). The molecule has 80 valence electrons. The van der Waals surface area contributed by atoms with Crippen molar-refractivity contribution < 1.29 is 4.79 Å². The Hall–Kier alpha value is -1.23. The van der Waals surface area contributed by atoms with Gasteiger partial charge in [-0.05, 0) is 13.6 Å². The minimum atomic E-state index is 0.000795. The summed E-state index contributed by atoms with van der Waals surface area (Å²) in [6, 6.07) is 0. The van der Waals surface area contributed by atoms with Crippen LogP contribution < -0.4 is 5.32 Å². The van der Waals surface area contributed by atoms with E-state index in [1.165, 1.54) is 6.34 Å². The summed E-state index contributed by atoms with van der Waals surface area (Å²) < 4.78 is 0. The van der Waals surface area contributed by atoms with Crippen molar-refractivity contribution >= 4 is 19.0 Å². The van der Waals surface area contributed by atoms with E-state index in [4.69, 9.17) is 0 Å². The summed E-state index contributed by atoms with van der Waals surface area (Å²) in [6.07, 6.45) is 1.41. The highest BCUT2D eigenvalue weighted by Gasteiger charge is 2.01. The van der Waals surface area contributed by atoms with E-state index in [2.05, 4.69) is 22.0 Å². The van der Waals surface area contributed by atoms with Crippen LogP contribution in [-0.4, -0.2) is 50.2 Å². The molecule has 0 aliphatic carbocycles. The van der Waals surface area contributed by atoms with Gasteiger partial charge in [0.2, 0.25) is 5.91 Å². The van der Waals surface area contributed by atoms with Crippen molar-refractivity contribution in [3.05, 3.63) is 0 Å². The Kier molecular flexibility index (Phi) is 6.57. The third-order valence-corrected chi connectivity index (χ3v) is 1.80. The minimum Gasteiger partial charge on any atom is -0.345 e. The SMILES string of the molecule is C=N/C=N\C(C)NCCN(C)C(C)=O. The maximum absolute atomic E-state index is 10.8. The first-order valence-electron chi connectivity index (χ1n) is 4.50. The quantitative estimate of drug-likeness (QED) is 0.487. The molecule has 1 atom stereocenters. The van der Waals surface area contributed by atoms with Crippen molar-refractivity contribution in [3.63, 3.8) is 0 Å². The number of hydrogen-bond donors (Lipinski definition) is 1. The van der Waals surface area contributed by atoms with Gasteiger partial charge in [0.15, 0.2) is 0 Å². The molecule has 1 amide bonds. The van der Waals surface area contributed by atoms with E-state index in [0.717, 1.165) is 0 Å². The van der Waals surface area contributed by atoms with Crippen molar-refractivity contribution in [2.75, 3.05) is 20.1 Å². The molecule has 1 unspecified atom stereocenters. The van der Waals surface area contributed by atoms with Gasteiger partial charge in [-0.15, -0.1) is 0 Å². The third-order valence-electron chi connectivity index (χ3n) is 1.80. The Balaban J connectivity index is 3.58. The van der Waals surface area contributed by atoms with E-state index in [0.29, 0.717) is 13.1 Å². The summed E-state index contributed by atoms with van der Waals surface area (Å²) in [7, 11) is 1.77. The van der Waals surface area contributed by atoms with Crippen LogP contribution in [0.2, 0.25) is 0 Å². The number of hydrogen-bond acceptors (Lipinski definition) is 3. The van der Waals surface area contributed by atoms with Crippen LogP contribution in [0.1, 0.15) is 13.8 Å². The molecule has 5 heteroatoms. The average Bonchev–Trinajstić information content (AvgIpc) is 2.14. The van der Waals surface area contributed by atoms with E-state index in [-0.39, 0.29) is 12.1 Å². The van der Waals surface area contributed by atoms with Crippen molar-refractivity contribution in [2.24, 2.45) is 9.98 Å². The molecule has 0 heterocycles. The van der Waals surface area contributed by atoms with E-state index >= 15 is 0 Å². The average molecular weight is 198 g/mol. The van der Waals surface area contributed by atoms with Gasteiger partial charge in [0.05, 0.1) is 6.17 Å². The van der Waals surface area contributed by atoms with Crippen molar-refractivity contribution in [2.45, 2.75) is 20.0 Å². The molecule has 0 bridgehead atoms. The Morgan fingerprint density at radius 1 is 1.71 bits per heavy atom. The first kappa shape index (κ1) is 12.8. The molecule has 0 fully saturated rings. The number of nitrogens with zero attached hydrogens (tertiary/aromatic N) is 3. The molecule has 5 nitrogen and oxygen atoms in total. The topological polar surface area (TPSA) is 57.1 Å². The fourth-order valence-corrected chi connectivity index (χ4v) is 0.798. The molecular weight excluding hydrogens is 180 g/mol. The van der Waals surface area contributed by atoms with Gasteiger partial charge in [0.1, 0.15) is 6.34 Å². The van der Waals surface area contributed by atoms with Crippen LogP contribution in [0.15, 0.2) is 9.98 Å². The van der Waals surface area contributed by atoms with Gasteiger partial charge >= 0.3 is 0 Å². The van der Waals surface area contributed by atoms with Crippen LogP contribution in [0.4, 0.5) is 0 Å². The second-order valence-electron chi connectivity index (χ2n) is 3.02. The zero-order valence-electron chi connectivity index (χ0n) is 9.03. The summed E-state index contributed by atoms with van der Waals surface area (Å²) in [5.41, 5.74) is 0. The molecule has 0 aliphatic heterocycles. The van der Waals surface area contributed by atoms with Crippen molar-refractivity contribution in [1.29, 1.82) is 0 Å². The summed E-state index contributed by atoms with van der Waals surface area (Å²) in [5, 5.41) is 3.12. The summed E-state index contributed by atoms with van der Waals surface area (Å²) >= 11 is 0. The first-order valence-corrected chi connectivity index (χ1v) is 4.50. The Morgan fingerprint density at radius 3 is 2.86 bits per heavy atom. The molecular formula is C9H18N4O. The van der Waals surface area contributed by atoms with Crippen LogP contribution in [0.5, 0.6) is 0 Å². The lowest BCUT2D eigenvalue weighted by molar-refractivity contribution is -0.127. The first-order chi connectivity index (χ1) is 6.57. The second kappa shape index (κ2) is 7.20. The molecule has 0 aromatic heterocycles. The van der Waals surface area contributed by atoms with Gasteiger partial charge in [-0.1, -0.05) is 0 Å². The molecule has 0 saturated carbocycles. The molecule has 0 saturated heterocycles. The Morgan fingerprint density at radius 2 is 2.36 bits per heavy atom. The summed E-state index contributed by atoms with van der Waals surface area (Å²) in [5.74, 6) is 0.0655. The lowest BCUT2D eigenvalue weighted by atomic mass is 10.5. The lowest BCUT2D eigenvalue weighted by Crippen LogP contribution is -2.35. The predicted octanol–water partition coefficient (Wildman–Crippen LogP) is 0.129. The monoisotopic (exact) mass is 198 g/mol. The maximum atomic E-state index is 10.8. The number of amides is 1. The lowest BCUT2D eigenvalue weighted by Gasteiger charge is -2.16. The van der Waals surface area contributed by atoms with Crippen LogP contribution in [0.3, 0.4) is 0 Å². The zero-order chi connectivity index (χ0) is 11.0. The number of rotatable bonds is 6. The molecule has 0 spiro atoms. The number of nitrogens with one attached hydrogen (secondary N) is 1. The number of aliphatic imine (C=N–C) groups is 2. The van der Waals surface area contributed by atoms with Crippen molar-refractivity contribution in [1.82, 2.24) is 10.2 Å².